The maximum atomic E-state index is 13.1. The molecule has 26 heavy (non-hydrogen) atoms. The molecule has 2 rings (SSSR count). The minimum atomic E-state index is -0.738. The number of aliphatic carboxylic acids is 1. The Labute approximate surface area is 160 Å². The lowest BCUT2D eigenvalue weighted by Gasteiger charge is -2.44. The second kappa shape index (κ2) is 11.0. The molecule has 1 aliphatic heterocycles. The number of quaternary nitrogens is 1. The first kappa shape index (κ1) is 21.3. The lowest BCUT2D eigenvalue weighted by molar-refractivity contribution is -0.893. The molecule has 0 aliphatic carbocycles. The van der Waals surface area contributed by atoms with Crippen molar-refractivity contribution in [1.82, 2.24) is 5.32 Å². The molecule has 0 spiro atoms. The Hall–Kier alpha value is -0.990. The molecular formula is C19H32N2O4S. The first-order valence-electron chi connectivity index (χ1n) is 9.69. The number of unbranched alkanes of at least 4 members (excludes halogenated alkanes) is 3. The van der Waals surface area contributed by atoms with E-state index in [4.69, 9.17) is 5.11 Å². The number of aliphatic hydroxyl groups is 1. The Balaban J connectivity index is 1.63. The third kappa shape index (κ3) is 7.32. The third-order valence-corrected chi connectivity index (χ3v) is 6.02. The molecule has 148 valence electrons. The average Bonchev–Trinajstić information content (AvgIpc) is 3.24. The van der Waals surface area contributed by atoms with Crippen LogP contribution in [0.15, 0.2) is 16.8 Å². The minimum Gasteiger partial charge on any atom is -0.632 e. The number of carboxylic acid groups (broad SMARTS) is 1. The standard InChI is InChI=1S/C19H32N2O4S/c22-18(8-7-16-10-12-26-14-16)9-11-21(25)15-20-13-17(21)5-3-1-2-4-6-19(23)24/h10,12,14,17-18,20,22H,1-9,11,13,15H2,(H,23,24). The number of hydrogen-bond donors (Lipinski definition) is 3. The van der Waals surface area contributed by atoms with Crippen LogP contribution >= 0.6 is 11.3 Å². The molecule has 1 aromatic rings. The zero-order valence-corrected chi connectivity index (χ0v) is 16.3. The summed E-state index contributed by atoms with van der Waals surface area (Å²) < 4.78 is -0.245. The van der Waals surface area contributed by atoms with Gasteiger partial charge >= 0.3 is 5.97 Å². The number of hydrogen-bond acceptors (Lipinski definition) is 5. The molecule has 2 heterocycles. The number of nitrogens with zero attached hydrogens (tertiary/aromatic N) is 1. The summed E-state index contributed by atoms with van der Waals surface area (Å²) >= 11 is 1.67. The normalized spacial score (nSPS) is 24.0. The molecule has 0 radical (unpaired) electrons. The van der Waals surface area contributed by atoms with Crippen molar-refractivity contribution < 1.29 is 19.7 Å². The zero-order chi connectivity index (χ0) is 18.8. The van der Waals surface area contributed by atoms with Crippen LogP contribution in [0.2, 0.25) is 0 Å². The van der Waals surface area contributed by atoms with Gasteiger partial charge in [0.25, 0.3) is 0 Å². The lowest BCUT2D eigenvalue weighted by Crippen LogP contribution is -2.49. The summed E-state index contributed by atoms with van der Waals surface area (Å²) in [4.78, 5) is 10.5. The number of nitrogens with one attached hydrogen (secondary N) is 1. The van der Waals surface area contributed by atoms with Gasteiger partial charge in [0.15, 0.2) is 0 Å². The van der Waals surface area contributed by atoms with Gasteiger partial charge in [-0.05, 0) is 48.1 Å². The second-order valence-corrected chi connectivity index (χ2v) is 8.18. The molecule has 0 bridgehead atoms. The van der Waals surface area contributed by atoms with Crippen LogP contribution in [0.3, 0.4) is 0 Å². The fourth-order valence-corrected chi connectivity index (χ4v) is 4.31. The van der Waals surface area contributed by atoms with Crippen LogP contribution in [0.1, 0.15) is 56.9 Å². The maximum absolute atomic E-state index is 13.1. The zero-order valence-electron chi connectivity index (χ0n) is 15.4. The lowest BCUT2D eigenvalue weighted by atomic mass is 10.0. The van der Waals surface area contributed by atoms with E-state index >= 15 is 0 Å². The molecule has 0 saturated carbocycles. The molecule has 1 aromatic heterocycles. The van der Waals surface area contributed by atoms with Crippen molar-refractivity contribution in [2.24, 2.45) is 0 Å². The van der Waals surface area contributed by atoms with E-state index in [9.17, 15) is 15.1 Å². The highest BCUT2D eigenvalue weighted by Gasteiger charge is 2.33. The number of hydroxylamine groups is 3. The van der Waals surface area contributed by atoms with Gasteiger partial charge in [-0.3, -0.25) is 10.1 Å². The summed E-state index contributed by atoms with van der Waals surface area (Å²) in [6, 6.07) is 2.13. The Morgan fingerprint density at radius 3 is 2.88 bits per heavy atom. The Morgan fingerprint density at radius 1 is 1.35 bits per heavy atom. The first-order chi connectivity index (χ1) is 12.5. The molecule has 0 amide bonds. The number of aryl methyl sites for hydroxylation is 1. The molecule has 3 unspecified atom stereocenters. The number of thiophene rings is 1. The van der Waals surface area contributed by atoms with Crippen molar-refractivity contribution >= 4 is 17.3 Å². The van der Waals surface area contributed by atoms with Gasteiger partial charge < -0.3 is 20.1 Å². The van der Waals surface area contributed by atoms with Crippen LogP contribution in [-0.2, 0) is 11.2 Å². The molecule has 3 atom stereocenters. The quantitative estimate of drug-likeness (QED) is 0.276. The van der Waals surface area contributed by atoms with Crippen molar-refractivity contribution in [2.45, 2.75) is 69.9 Å². The summed E-state index contributed by atoms with van der Waals surface area (Å²) in [6.07, 6.45) is 6.37. The van der Waals surface area contributed by atoms with Crippen molar-refractivity contribution in [3.05, 3.63) is 27.6 Å². The van der Waals surface area contributed by atoms with Gasteiger partial charge in [-0.2, -0.15) is 11.3 Å². The van der Waals surface area contributed by atoms with Crippen molar-refractivity contribution in [3.63, 3.8) is 0 Å². The van der Waals surface area contributed by atoms with Crippen LogP contribution in [0.25, 0.3) is 0 Å². The molecule has 1 saturated heterocycles. The number of carboxylic acids is 1. The highest BCUT2D eigenvalue weighted by atomic mass is 32.1. The van der Waals surface area contributed by atoms with E-state index in [0.29, 0.717) is 32.5 Å². The summed E-state index contributed by atoms with van der Waals surface area (Å²) in [5.41, 5.74) is 1.25. The Kier molecular flexibility index (Phi) is 9.01. The molecular weight excluding hydrogens is 352 g/mol. The average molecular weight is 385 g/mol. The molecule has 3 N–H and O–H groups in total. The predicted octanol–water partition coefficient (Wildman–Crippen LogP) is 3.10. The van der Waals surface area contributed by atoms with Crippen LogP contribution in [-0.4, -0.2) is 52.7 Å². The molecule has 1 aliphatic rings. The summed E-state index contributed by atoms with van der Waals surface area (Å²) in [7, 11) is 0. The monoisotopic (exact) mass is 384 g/mol. The van der Waals surface area contributed by atoms with Gasteiger partial charge in [-0.1, -0.05) is 12.8 Å². The summed E-state index contributed by atoms with van der Waals surface area (Å²) in [6.45, 7) is 1.63. The number of rotatable bonds is 13. The van der Waals surface area contributed by atoms with Gasteiger partial charge in [0.2, 0.25) is 0 Å². The van der Waals surface area contributed by atoms with E-state index in [-0.39, 0.29) is 17.1 Å². The van der Waals surface area contributed by atoms with Crippen molar-refractivity contribution in [1.29, 1.82) is 0 Å². The first-order valence-corrected chi connectivity index (χ1v) is 10.6. The number of carbonyl (C=O) groups is 1. The van der Waals surface area contributed by atoms with Crippen molar-refractivity contribution in [2.75, 3.05) is 19.8 Å². The van der Waals surface area contributed by atoms with Crippen LogP contribution < -0.4 is 5.32 Å². The van der Waals surface area contributed by atoms with E-state index in [1.165, 1.54) is 5.56 Å². The van der Waals surface area contributed by atoms with Gasteiger partial charge in [-0.15, -0.1) is 0 Å². The topological polar surface area (TPSA) is 92.6 Å². The Bertz CT molecular complexity index is 526. The second-order valence-electron chi connectivity index (χ2n) is 7.40. The molecule has 0 aromatic carbocycles. The predicted molar refractivity (Wildman–Crippen MR) is 104 cm³/mol. The fraction of sp³-hybridized carbons (Fsp3) is 0.737. The maximum Gasteiger partial charge on any atom is 0.303 e. The van der Waals surface area contributed by atoms with E-state index in [0.717, 1.165) is 38.6 Å². The summed E-state index contributed by atoms with van der Waals surface area (Å²) in [5, 5.41) is 39.3. The molecule has 1 fully saturated rings. The van der Waals surface area contributed by atoms with E-state index in [2.05, 4.69) is 16.8 Å². The van der Waals surface area contributed by atoms with Crippen LogP contribution in [0, 0.1) is 5.21 Å². The SMILES string of the molecule is O=C(O)CCCCCCC1CNC[N+]1([O-])CCC(O)CCc1ccsc1. The number of aliphatic hydroxyl groups excluding tert-OH is 1. The molecule has 7 heteroatoms. The van der Waals surface area contributed by atoms with E-state index < -0.39 is 12.1 Å². The minimum absolute atomic E-state index is 0.0542. The van der Waals surface area contributed by atoms with Gasteiger partial charge in [0.05, 0.1) is 19.2 Å². The highest BCUT2D eigenvalue weighted by Crippen LogP contribution is 2.23. The van der Waals surface area contributed by atoms with Gasteiger partial charge in [0.1, 0.15) is 12.7 Å². The van der Waals surface area contributed by atoms with E-state index in [1.54, 1.807) is 11.3 Å². The van der Waals surface area contributed by atoms with Gasteiger partial charge in [0, 0.05) is 19.3 Å². The fourth-order valence-electron chi connectivity index (χ4n) is 3.60. The van der Waals surface area contributed by atoms with Gasteiger partial charge in [-0.25, -0.2) is 0 Å². The largest absolute Gasteiger partial charge is 0.632 e. The van der Waals surface area contributed by atoms with Crippen LogP contribution in [0.5, 0.6) is 0 Å². The van der Waals surface area contributed by atoms with E-state index in [1.807, 2.05) is 5.38 Å². The van der Waals surface area contributed by atoms with Crippen molar-refractivity contribution in [3.8, 4) is 0 Å². The third-order valence-electron chi connectivity index (χ3n) is 5.29. The molecule has 6 nitrogen and oxygen atoms in total. The highest BCUT2D eigenvalue weighted by molar-refractivity contribution is 7.07. The Morgan fingerprint density at radius 2 is 2.15 bits per heavy atom. The van der Waals surface area contributed by atoms with Crippen LogP contribution in [0.4, 0.5) is 0 Å². The smallest absolute Gasteiger partial charge is 0.303 e. The summed E-state index contributed by atoms with van der Waals surface area (Å²) in [5.74, 6) is -0.738.